The summed E-state index contributed by atoms with van der Waals surface area (Å²) in [6, 6.07) is 2.16. The first kappa shape index (κ1) is 11.8. The van der Waals surface area contributed by atoms with Crippen LogP contribution in [-0.2, 0) is 13.5 Å². The maximum Gasteiger partial charge on any atom is 0.0606 e. The summed E-state index contributed by atoms with van der Waals surface area (Å²) in [4.78, 5) is 1.21. The number of nitrogens with zero attached hydrogens (tertiary/aromatic N) is 2. The van der Waals surface area contributed by atoms with Crippen molar-refractivity contribution in [3.05, 3.63) is 38.8 Å². The lowest BCUT2D eigenvalue weighted by Crippen LogP contribution is -2.29. The molecule has 0 saturated carbocycles. The minimum absolute atomic E-state index is 0.124. The van der Waals surface area contributed by atoms with Crippen LogP contribution in [0.1, 0.15) is 16.5 Å². The SMILES string of the molecule is Cn1cc(CC(NN)c2sccc2Br)cn1. The number of aryl methyl sites for hydroxylation is 1. The van der Waals surface area contributed by atoms with E-state index in [1.54, 1.807) is 16.0 Å². The van der Waals surface area contributed by atoms with Crippen LogP contribution in [-0.4, -0.2) is 9.78 Å². The van der Waals surface area contributed by atoms with Gasteiger partial charge in [0.25, 0.3) is 0 Å². The van der Waals surface area contributed by atoms with E-state index < -0.39 is 0 Å². The first-order valence-electron chi connectivity index (χ1n) is 4.87. The number of nitrogens with one attached hydrogen (secondary N) is 1. The molecule has 0 radical (unpaired) electrons. The maximum absolute atomic E-state index is 5.60. The van der Waals surface area contributed by atoms with Gasteiger partial charge >= 0.3 is 0 Å². The Morgan fingerprint density at radius 3 is 3.00 bits per heavy atom. The van der Waals surface area contributed by atoms with Crippen molar-refractivity contribution < 1.29 is 0 Å². The lowest BCUT2D eigenvalue weighted by Gasteiger charge is -2.13. The normalized spacial score (nSPS) is 12.9. The van der Waals surface area contributed by atoms with Gasteiger partial charge in [0, 0.05) is 22.6 Å². The number of hydrogen-bond donors (Lipinski definition) is 2. The average molecular weight is 301 g/mol. The molecule has 0 bridgehead atoms. The van der Waals surface area contributed by atoms with Gasteiger partial charge in [-0.1, -0.05) is 0 Å². The van der Waals surface area contributed by atoms with Gasteiger partial charge in [-0.3, -0.25) is 16.0 Å². The fraction of sp³-hybridized carbons (Fsp3) is 0.300. The summed E-state index contributed by atoms with van der Waals surface area (Å²) in [7, 11) is 1.91. The zero-order valence-electron chi connectivity index (χ0n) is 8.85. The second kappa shape index (κ2) is 5.09. The van der Waals surface area contributed by atoms with E-state index in [2.05, 4.69) is 26.5 Å². The molecule has 4 nitrogen and oxygen atoms in total. The summed E-state index contributed by atoms with van der Waals surface area (Å²) < 4.78 is 2.90. The van der Waals surface area contributed by atoms with E-state index in [9.17, 15) is 0 Å². The molecule has 0 aliphatic rings. The Morgan fingerprint density at radius 2 is 2.50 bits per heavy atom. The second-order valence-corrected chi connectivity index (χ2v) is 5.38. The molecule has 0 aliphatic heterocycles. The third kappa shape index (κ3) is 2.52. The fourth-order valence-electron chi connectivity index (χ4n) is 1.59. The highest BCUT2D eigenvalue weighted by Crippen LogP contribution is 2.30. The Kier molecular flexibility index (Phi) is 3.75. The lowest BCUT2D eigenvalue weighted by molar-refractivity contribution is 0.558. The van der Waals surface area contributed by atoms with Gasteiger partial charge in [-0.05, 0) is 39.4 Å². The van der Waals surface area contributed by atoms with Gasteiger partial charge in [0.05, 0.1) is 12.2 Å². The van der Waals surface area contributed by atoms with Gasteiger partial charge in [0.1, 0.15) is 0 Å². The second-order valence-electron chi connectivity index (χ2n) is 3.58. The molecule has 6 heteroatoms. The molecule has 2 aromatic rings. The zero-order chi connectivity index (χ0) is 11.5. The smallest absolute Gasteiger partial charge is 0.0606 e. The highest BCUT2D eigenvalue weighted by atomic mass is 79.9. The monoisotopic (exact) mass is 300 g/mol. The number of nitrogens with two attached hydrogens (primary N) is 1. The van der Waals surface area contributed by atoms with E-state index >= 15 is 0 Å². The predicted octanol–water partition coefficient (Wildman–Crippen LogP) is 1.99. The molecule has 0 fully saturated rings. The minimum atomic E-state index is 0.124. The molecule has 0 spiro atoms. The number of rotatable bonds is 4. The van der Waals surface area contributed by atoms with Crippen molar-refractivity contribution in [1.82, 2.24) is 15.2 Å². The standard InChI is InChI=1S/C10H13BrN4S/c1-15-6-7(5-13-15)4-9(14-12)10-8(11)2-3-16-10/h2-3,5-6,9,14H,4,12H2,1H3. The molecular weight excluding hydrogens is 288 g/mol. The molecule has 86 valence electrons. The van der Waals surface area contributed by atoms with Crippen LogP contribution < -0.4 is 11.3 Å². The molecule has 0 aromatic carbocycles. The Labute approximate surface area is 107 Å². The van der Waals surface area contributed by atoms with Crippen LogP contribution in [0.5, 0.6) is 0 Å². The van der Waals surface area contributed by atoms with E-state index in [4.69, 9.17) is 5.84 Å². The number of hydrazine groups is 1. The van der Waals surface area contributed by atoms with Crippen LogP contribution in [0, 0.1) is 0 Å². The van der Waals surface area contributed by atoms with Gasteiger partial charge in [0.2, 0.25) is 0 Å². The van der Waals surface area contributed by atoms with Crippen molar-refractivity contribution in [2.75, 3.05) is 0 Å². The van der Waals surface area contributed by atoms with Crippen molar-refractivity contribution >= 4 is 27.3 Å². The van der Waals surface area contributed by atoms with Crippen LogP contribution >= 0.6 is 27.3 Å². The molecule has 2 aromatic heterocycles. The zero-order valence-corrected chi connectivity index (χ0v) is 11.3. The van der Waals surface area contributed by atoms with E-state index in [1.807, 2.05) is 30.9 Å². The van der Waals surface area contributed by atoms with Crippen LogP contribution in [0.2, 0.25) is 0 Å². The summed E-state index contributed by atoms with van der Waals surface area (Å²) >= 11 is 5.21. The van der Waals surface area contributed by atoms with Crippen molar-refractivity contribution in [3.63, 3.8) is 0 Å². The molecule has 1 unspecified atom stereocenters. The minimum Gasteiger partial charge on any atom is -0.276 e. The predicted molar refractivity (Wildman–Crippen MR) is 69.0 cm³/mol. The van der Waals surface area contributed by atoms with Gasteiger partial charge < -0.3 is 0 Å². The number of halogens is 1. The summed E-state index contributed by atoms with van der Waals surface area (Å²) in [6.07, 6.45) is 4.71. The Morgan fingerprint density at radius 1 is 1.69 bits per heavy atom. The fourth-order valence-corrected chi connectivity index (χ4v) is 3.31. The summed E-state index contributed by atoms with van der Waals surface area (Å²) in [5.41, 5.74) is 4.02. The van der Waals surface area contributed by atoms with E-state index in [1.165, 1.54) is 10.4 Å². The molecule has 0 amide bonds. The third-order valence-electron chi connectivity index (χ3n) is 2.36. The summed E-state index contributed by atoms with van der Waals surface area (Å²) in [6.45, 7) is 0. The van der Waals surface area contributed by atoms with Crippen LogP contribution in [0.15, 0.2) is 28.3 Å². The lowest BCUT2D eigenvalue weighted by atomic mass is 10.1. The Balaban J connectivity index is 2.15. The maximum atomic E-state index is 5.60. The van der Waals surface area contributed by atoms with E-state index in [-0.39, 0.29) is 6.04 Å². The highest BCUT2D eigenvalue weighted by Gasteiger charge is 2.15. The molecule has 2 heterocycles. The van der Waals surface area contributed by atoms with Crippen LogP contribution in [0.25, 0.3) is 0 Å². The summed E-state index contributed by atoms with van der Waals surface area (Å²) in [5.74, 6) is 5.60. The van der Waals surface area contributed by atoms with Crippen LogP contribution in [0.3, 0.4) is 0 Å². The average Bonchev–Trinajstić information content (AvgIpc) is 2.84. The van der Waals surface area contributed by atoms with E-state index in [0.29, 0.717) is 0 Å². The molecule has 2 rings (SSSR count). The number of hydrogen-bond acceptors (Lipinski definition) is 4. The number of aromatic nitrogens is 2. The van der Waals surface area contributed by atoms with Crippen molar-refractivity contribution in [1.29, 1.82) is 0 Å². The largest absolute Gasteiger partial charge is 0.276 e. The third-order valence-corrected chi connectivity index (χ3v) is 4.35. The molecular formula is C10H13BrN4S. The topological polar surface area (TPSA) is 55.9 Å². The molecule has 0 aliphatic carbocycles. The van der Waals surface area contributed by atoms with Gasteiger partial charge in [-0.2, -0.15) is 5.10 Å². The number of thiophene rings is 1. The van der Waals surface area contributed by atoms with Crippen molar-refractivity contribution in [2.24, 2.45) is 12.9 Å². The first-order valence-corrected chi connectivity index (χ1v) is 6.54. The van der Waals surface area contributed by atoms with Gasteiger partial charge in [0.15, 0.2) is 0 Å². The van der Waals surface area contributed by atoms with Gasteiger partial charge in [-0.15, -0.1) is 11.3 Å². The first-order chi connectivity index (χ1) is 7.70. The molecule has 1 atom stereocenters. The Hall–Kier alpha value is -0.690. The molecule has 3 N–H and O–H groups in total. The Bertz CT molecular complexity index is 465. The van der Waals surface area contributed by atoms with Gasteiger partial charge in [-0.25, -0.2) is 0 Å². The van der Waals surface area contributed by atoms with E-state index in [0.717, 1.165) is 10.9 Å². The molecule has 0 saturated heterocycles. The van der Waals surface area contributed by atoms with Crippen molar-refractivity contribution in [3.8, 4) is 0 Å². The van der Waals surface area contributed by atoms with Crippen LogP contribution in [0.4, 0.5) is 0 Å². The quantitative estimate of drug-likeness (QED) is 0.671. The van der Waals surface area contributed by atoms with Crippen molar-refractivity contribution in [2.45, 2.75) is 12.5 Å². The summed E-state index contributed by atoms with van der Waals surface area (Å²) in [5, 5.41) is 6.20. The molecule has 16 heavy (non-hydrogen) atoms. The highest BCUT2D eigenvalue weighted by molar-refractivity contribution is 9.10.